The van der Waals surface area contributed by atoms with Crippen molar-refractivity contribution in [1.29, 1.82) is 0 Å². The zero-order valence-electron chi connectivity index (χ0n) is 12.1. The Balaban J connectivity index is 4.63. The van der Waals surface area contributed by atoms with Crippen molar-refractivity contribution in [3.8, 4) is 0 Å². The first-order chi connectivity index (χ1) is 9.10. The summed E-state index contributed by atoms with van der Waals surface area (Å²) in [6.07, 6.45) is -1.44. The lowest BCUT2D eigenvalue weighted by Crippen LogP contribution is -2.49. The third-order valence-corrected chi connectivity index (χ3v) is 2.20. The number of carbonyl (C=O) groups is 3. The quantitative estimate of drug-likeness (QED) is 0.527. The first-order valence-corrected chi connectivity index (χ1v) is 6.08. The molecule has 1 amide bonds. The maximum absolute atomic E-state index is 11.7. The first kappa shape index (κ1) is 18.3. The van der Waals surface area contributed by atoms with Crippen LogP contribution in [0.15, 0.2) is 0 Å². The van der Waals surface area contributed by atoms with Gasteiger partial charge in [-0.25, -0.2) is 4.79 Å². The number of carboxylic acids is 1. The Hall–Kier alpha value is -1.67. The summed E-state index contributed by atoms with van der Waals surface area (Å²) < 4.78 is 9.78. The fraction of sp³-hybridized carbons (Fsp3) is 0.750. The highest BCUT2D eigenvalue weighted by atomic mass is 16.6. The molecule has 0 aliphatic carbocycles. The van der Waals surface area contributed by atoms with Crippen LogP contribution in [0.4, 0.5) is 0 Å². The molecule has 0 aromatic heterocycles. The number of aliphatic carboxylic acids is 1. The monoisotopic (exact) mass is 290 g/mol. The topological polar surface area (TPSA) is 128 Å². The Labute approximate surface area is 117 Å². The Morgan fingerprint density at radius 2 is 1.85 bits per heavy atom. The van der Waals surface area contributed by atoms with Gasteiger partial charge in [-0.05, 0) is 20.8 Å². The molecule has 0 saturated heterocycles. The van der Waals surface area contributed by atoms with E-state index < -0.39 is 42.0 Å². The van der Waals surface area contributed by atoms with Crippen LogP contribution in [0, 0.1) is 0 Å². The van der Waals surface area contributed by atoms with E-state index in [1.165, 1.54) is 7.11 Å². The van der Waals surface area contributed by atoms with Crippen molar-refractivity contribution in [1.82, 2.24) is 5.32 Å². The van der Waals surface area contributed by atoms with Crippen LogP contribution in [-0.2, 0) is 23.9 Å². The lowest BCUT2D eigenvalue weighted by atomic mass is 10.1. The third kappa shape index (κ3) is 7.05. The highest BCUT2D eigenvalue weighted by molar-refractivity contribution is 5.89. The van der Waals surface area contributed by atoms with E-state index in [1.54, 1.807) is 20.8 Å². The number of hydrogen-bond acceptors (Lipinski definition) is 6. The van der Waals surface area contributed by atoms with Gasteiger partial charge in [0.15, 0.2) is 0 Å². The minimum Gasteiger partial charge on any atom is -0.480 e. The van der Waals surface area contributed by atoms with E-state index in [9.17, 15) is 14.4 Å². The molecular weight excluding hydrogens is 268 g/mol. The average molecular weight is 290 g/mol. The summed E-state index contributed by atoms with van der Waals surface area (Å²) >= 11 is 0. The first-order valence-electron chi connectivity index (χ1n) is 6.08. The number of hydrogen-bond donors (Lipinski definition) is 3. The van der Waals surface area contributed by atoms with Gasteiger partial charge in [0.25, 0.3) is 5.91 Å². The summed E-state index contributed by atoms with van der Waals surface area (Å²) in [6, 6.07) is -1.39. The van der Waals surface area contributed by atoms with Crippen LogP contribution in [0.5, 0.6) is 0 Å². The minimum atomic E-state index is -1.39. The van der Waals surface area contributed by atoms with Crippen molar-refractivity contribution in [2.75, 3.05) is 13.7 Å². The zero-order valence-corrected chi connectivity index (χ0v) is 12.1. The van der Waals surface area contributed by atoms with E-state index in [2.05, 4.69) is 5.32 Å². The van der Waals surface area contributed by atoms with Crippen LogP contribution < -0.4 is 11.1 Å². The highest BCUT2D eigenvalue weighted by Gasteiger charge is 2.28. The Morgan fingerprint density at radius 1 is 1.30 bits per heavy atom. The predicted molar refractivity (Wildman–Crippen MR) is 69.9 cm³/mol. The molecule has 0 spiro atoms. The minimum absolute atomic E-state index is 0.0961. The molecule has 0 bridgehead atoms. The zero-order chi connectivity index (χ0) is 15.9. The van der Waals surface area contributed by atoms with Crippen molar-refractivity contribution >= 4 is 17.8 Å². The van der Waals surface area contributed by atoms with Gasteiger partial charge in [-0.2, -0.15) is 0 Å². The SMILES string of the molecule is COC(CN)C(=O)N[C@@H](CC(=O)OC(C)(C)C)C(=O)O. The van der Waals surface area contributed by atoms with E-state index in [4.69, 9.17) is 20.3 Å². The Morgan fingerprint density at radius 3 is 2.20 bits per heavy atom. The summed E-state index contributed by atoms with van der Waals surface area (Å²) in [7, 11) is 1.28. The maximum atomic E-state index is 11.7. The van der Waals surface area contributed by atoms with Gasteiger partial charge < -0.3 is 25.6 Å². The molecule has 20 heavy (non-hydrogen) atoms. The largest absolute Gasteiger partial charge is 0.480 e. The summed E-state index contributed by atoms with van der Waals surface area (Å²) in [5.41, 5.74) is 4.57. The van der Waals surface area contributed by atoms with Gasteiger partial charge in [-0.1, -0.05) is 0 Å². The molecule has 0 saturated carbocycles. The summed E-state index contributed by atoms with van der Waals surface area (Å²) in [5, 5.41) is 11.2. The van der Waals surface area contributed by atoms with Gasteiger partial charge in [0.1, 0.15) is 17.7 Å². The van der Waals surface area contributed by atoms with Gasteiger partial charge in [0.2, 0.25) is 0 Å². The number of nitrogens with one attached hydrogen (secondary N) is 1. The fourth-order valence-electron chi connectivity index (χ4n) is 1.32. The summed E-state index contributed by atoms with van der Waals surface area (Å²) in [4.78, 5) is 34.3. The van der Waals surface area contributed by atoms with Gasteiger partial charge >= 0.3 is 11.9 Å². The van der Waals surface area contributed by atoms with E-state index in [0.717, 1.165) is 0 Å². The van der Waals surface area contributed by atoms with Gasteiger partial charge in [-0.15, -0.1) is 0 Å². The number of esters is 1. The van der Waals surface area contributed by atoms with Crippen molar-refractivity contribution in [3.05, 3.63) is 0 Å². The standard InChI is InChI=1S/C12H22N2O6/c1-12(2,3)20-9(15)5-7(11(17)18)14-10(16)8(6-13)19-4/h7-8H,5-6,13H2,1-4H3,(H,14,16)(H,17,18)/t7-,8?/m0/s1. The van der Waals surface area contributed by atoms with Gasteiger partial charge in [0.05, 0.1) is 6.42 Å². The Kier molecular flexibility index (Phi) is 7.16. The number of rotatable bonds is 7. The second-order valence-electron chi connectivity index (χ2n) is 5.15. The molecule has 8 nitrogen and oxygen atoms in total. The van der Waals surface area contributed by atoms with Crippen molar-refractivity contribution in [2.45, 2.75) is 44.9 Å². The molecule has 0 aromatic carbocycles. The lowest BCUT2D eigenvalue weighted by molar-refractivity contribution is -0.159. The average Bonchev–Trinajstić information content (AvgIpc) is 2.26. The van der Waals surface area contributed by atoms with Crippen LogP contribution in [-0.4, -0.2) is 54.4 Å². The smallest absolute Gasteiger partial charge is 0.326 e. The molecule has 0 rings (SSSR count). The number of carbonyl (C=O) groups excluding carboxylic acids is 2. The van der Waals surface area contributed by atoms with E-state index >= 15 is 0 Å². The van der Waals surface area contributed by atoms with Crippen LogP contribution in [0.2, 0.25) is 0 Å². The van der Waals surface area contributed by atoms with Crippen LogP contribution >= 0.6 is 0 Å². The molecule has 4 N–H and O–H groups in total. The summed E-state index contributed by atoms with van der Waals surface area (Å²) in [6.45, 7) is 4.89. The molecule has 116 valence electrons. The third-order valence-electron chi connectivity index (χ3n) is 2.20. The molecule has 0 heterocycles. The molecule has 1 unspecified atom stereocenters. The normalized spacial score (nSPS) is 14.2. The highest BCUT2D eigenvalue weighted by Crippen LogP contribution is 2.09. The molecule has 0 aliphatic heterocycles. The number of carboxylic acid groups (broad SMARTS) is 1. The molecule has 0 radical (unpaired) electrons. The molecule has 0 aromatic rings. The number of methoxy groups -OCH3 is 1. The summed E-state index contributed by atoms with van der Waals surface area (Å²) in [5.74, 6) is -2.74. The number of nitrogens with two attached hydrogens (primary N) is 1. The number of amides is 1. The lowest BCUT2D eigenvalue weighted by Gasteiger charge is -2.22. The molecule has 0 fully saturated rings. The van der Waals surface area contributed by atoms with Crippen LogP contribution in [0.25, 0.3) is 0 Å². The molecular formula is C12H22N2O6. The predicted octanol–water partition coefficient (Wildman–Crippen LogP) is -0.739. The second-order valence-corrected chi connectivity index (χ2v) is 5.15. The van der Waals surface area contributed by atoms with Crippen molar-refractivity contribution < 1.29 is 29.0 Å². The van der Waals surface area contributed by atoms with Crippen LogP contribution in [0.1, 0.15) is 27.2 Å². The molecule has 8 heteroatoms. The fourth-order valence-corrected chi connectivity index (χ4v) is 1.32. The van der Waals surface area contributed by atoms with Crippen molar-refractivity contribution in [3.63, 3.8) is 0 Å². The van der Waals surface area contributed by atoms with Gasteiger partial charge in [0, 0.05) is 13.7 Å². The van der Waals surface area contributed by atoms with E-state index in [1.807, 2.05) is 0 Å². The maximum Gasteiger partial charge on any atom is 0.326 e. The van der Waals surface area contributed by atoms with E-state index in [-0.39, 0.29) is 6.54 Å². The van der Waals surface area contributed by atoms with Gasteiger partial charge in [-0.3, -0.25) is 9.59 Å². The molecule has 2 atom stereocenters. The van der Waals surface area contributed by atoms with Crippen LogP contribution in [0.3, 0.4) is 0 Å². The van der Waals surface area contributed by atoms with E-state index in [0.29, 0.717) is 0 Å². The Bertz CT molecular complexity index is 359. The van der Waals surface area contributed by atoms with Crippen molar-refractivity contribution in [2.24, 2.45) is 5.73 Å². The molecule has 0 aliphatic rings. The second kappa shape index (κ2) is 7.81. The number of ether oxygens (including phenoxy) is 2.